The van der Waals surface area contributed by atoms with Crippen LogP contribution in [0, 0.1) is 10.8 Å². The first-order valence-electron chi connectivity index (χ1n) is 5.98. The molecule has 0 aliphatic heterocycles. The quantitative estimate of drug-likeness (QED) is 0.784. The molecule has 0 unspecified atom stereocenters. The molecule has 2 nitrogen and oxygen atoms in total. The van der Waals surface area contributed by atoms with Crippen LogP contribution in [0.4, 0.5) is 5.69 Å². The maximum Gasteiger partial charge on any atom is 0.171 e. The molecule has 0 bridgehead atoms. The van der Waals surface area contributed by atoms with Crippen molar-refractivity contribution < 1.29 is 0 Å². The van der Waals surface area contributed by atoms with Crippen LogP contribution in [0.3, 0.4) is 0 Å². The van der Waals surface area contributed by atoms with E-state index in [1.54, 1.807) is 0 Å². The summed E-state index contributed by atoms with van der Waals surface area (Å²) in [7, 11) is 0. The molecule has 1 fully saturated rings. The summed E-state index contributed by atoms with van der Waals surface area (Å²) < 4.78 is 0. The zero-order chi connectivity index (χ0) is 12.7. The van der Waals surface area contributed by atoms with Crippen molar-refractivity contribution in [1.29, 1.82) is 0 Å². The number of thiocarbonyl (C=S) groups is 1. The third-order valence-corrected chi connectivity index (χ3v) is 4.55. The van der Waals surface area contributed by atoms with E-state index < -0.39 is 0 Å². The minimum Gasteiger partial charge on any atom is -0.359 e. The van der Waals surface area contributed by atoms with Crippen LogP contribution in [0.5, 0.6) is 0 Å². The fourth-order valence-electron chi connectivity index (χ4n) is 2.38. The summed E-state index contributed by atoms with van der Waals surface area (Å²) in [5, 5.41) is 7.32. The molecule has 0 spiro atoms. The third-order valence-electron chi connectivity index (χ3n) is 4.33. The number of hydrogen-bond acceptors (Lipinski definition) is 1. The van der Waals surface area contributed by atoms with Crippen molar-refractivity contribution in [2.75, 3.05) is 5.32 Å². The van der Waals surface area contributed by atoms with Crippen molar-refractivity contribution in [2.24, 2.45) is 10.8 Å². The standard InChI is InChI=1S/C14H20N2S/c1-13(2)11(14(13,3)4)16-12(17)15-10-8-6-5-7-9-10/h5-9,11H,1-4H3,(H2,15,16,17). The van der Waals surface area contributed by atoms with E-state index in [0.717, 1.165) is 5.69 Å². The van der Waals surface area contributed by atoms with Gasteiger partial charge in [0, 0.05) is 11.7 Å². The van der Waals surface area contributed by atoms with Gasteiger partial charge in [-0.05, 0) is 35.2 Å². The normalized spacial score (nSPS) is 20.7. The van der Waals surface area contributed by atoms with Crippen LogP contribution in [-0.2, 0) is 0 Å². The summed E-state index contributed by atoms with van der Waals surface area (Å²) in [5.74, 6) is 0. The monoisotopic (exact) mass is 248 g/mol. The molecular weight excluding hydrogens is 228 g/mol. The number of benzene rings is 1. The predicted molar refractivity (Wildman–Crippen MR) is 77.1 cm³/mol. The lowest BCUT2D eigenvalue weighted by Crippen LogP contribution is -2.33. The van der Waals surface area contributed by atoms with Crippen LogP contribution >= 0.6 is 12.2 Å². The maximum atomic E-state index is 5.34. The highest BCUT2D eigenvalue weighted by Crippen LogP contribution is 2.62. The summed E-state index contributed by atoms with van der Waals surface area (Å²) >= 11 is 5.34. The molecule has 0 heterocycles. The van der Waals surface area contributed by atoms with Gasteiger partial charge in [0.15, 0.2) is 5.11 Å². The molecule has 3 heteroatoms. The average Bonchev–Trinajstić information content (AvgIpc) is 2.62. The Hall–Kier alpha value is -1.09. The molecule has 1 aromatic rings. The summed E-state index contributed by atoms with van der Waals surface area (Å²) in [6.45, 7) is 9.09. The predicted octanol–water partition coefficient (Wildman–Crippen LogP) is 3.41. The lowest BCUT2D eigenvalue weighted by atomic mass is 10.0. The summed E-state index contributed by atoms with van der Waals surface area (Å²) in [5.41, 5.74) is 1.63. The van der Waals surface area contributed by atoms with Gasteiger partial charge in [0.25, 0.3) is 0 Å². The molecule has 92 valence electrons. The van der Waals surface area contributed by atoms with Gasteiger partial charge in [0.1, 0.15) is 0 Å². The molecule has 1 aliphatic rings. The van der Waals surface area contributed by atoms with Crippen molar-refractivity contribution in [3.05, 3.63) is 30.3 Å². The van der Waals surface area contributed by atoms with Crippen LogP contribution < -0.4 is 10.6 Å². The minimum atomic E-state index is 0.301. The number of para-hydroxylation sites is 1. The first-order valence-corrected chi connectivity index (χ1v) is 6.39. The summed E-state index contributed by atoms with van der Waals surface area (Å²) in [6.07, 6.45) is 0. The molecule has 17 heavy (non-hydrogen) atoms. The van der Waals surface area contributed by atoms with E-state index >= 15 is 0 Å². The summed E-state index contributed by atoms with van der Waals surface area (Å²) in [4.78, 5) is 0. The van der Waals surface area contributed by atoms with Gasteiger partial charge in [-0.3, -0.25) is 0 Å². The van der Waals surface area contributed by atoms with Gasteiger partial charge < -0.3 is 10.6 Å². The van der Waals surface area contributed by atoms with Gasteiger partial charge in [0.05, 0.1) is 0 Å². The Morgan fingerprint density at radius 1 is 1.06 bits per heavy atom. The molecule has 1 aromatic carbocycles. The zero-order valence-corrected chi connectivity index (χ0v) is 11.7. The smallest absolute Gasteiger partial charge is 0.171 e. The van der Waals surface area contributed by atoms with Crippen LogP contribution in [0.15, 0.2) is 30.3 Å². The SMILES string of the molecule is CC1(C)C(NC(=S)Nc2ccccc2)C1(C)C. The molecule has 1 saturated carbocycles. The third kappa shape index (κ3) is 2.16. The Kier molecular flexibility index (Phi) is 2.90. The second-order valence-corrected chi connectivity index (χ2v) is 6.25. The van der Waals surface area contributed by atoms with E-state index in [2.05, 4.69) is 38.3 Å². The number of hydrogen-bond donors (Lipinski definition) is 2. The van der Waals surface area contributed by atoms with Gasteiger partial charge in [-0.1, -0.05) is 45.9 Å². The van der Waals surface area contributed by atoms with E-state index in [1.807, 2.05) is 30.3 Å². The fraction of sp³-hybridized carbons (Fsp3) is 0.500. The first kappa shape index (κ1) is 12.4. The molecular formula is C14H20N2S. The van der Waals surface area contributed by atoms with E-state index in [9.17, 15) is 0 Å². The molecule has 0 saturated heterocycles. The highest BCUT2D eigenvalue weighted by molar-refractivity contribution is 7.80. The molecule has 0 amide bonds. The Morgan fingerprint density at radius 2 is 1.59 bits per heavy atom. The average molecular weight is 248 g/mol. The number of rotatable bonds is 2. The first-order chi connectivity index (χ1) is 7.85. The van der Waals surface area contributed by atoms with Crippen molar-refractivity contribution in [3.8, 4) is 0 Å². The van der Waals surface area contributed by atoms with E-state index in [0.29, 0.717) is 22.0 Å². The summed E-state index contributed by atoms with van der Waals surface area (Å²) in [6, 6.07) is 10.5. The molecule has 0 atom stereocenters. The maximum absolute atomic E-state index is 5.34. The van der Waals surface area contributed by atoms with Crippen LogP contribution in [0.25, 0.3) is 0 Å². The molecule has 0 radical (unpaired) electrons. The largest absolute Gasteiger partial charge is 0.359 e. The molecule has 2 N–H and O–H groups in total. The van der Waals surface area contributed by atoms with Gasteiger partial charge in [-0.2, -0.15) is 0 Å². The highest BCUT2D eigenvalue weighted by Gasteiger charge is 2.65. The van der Waals surface area contributed by atoms with E-state index in [4.69, 9.17) is 12.2 Å². The Bertz CT molecular complexity index is 409. The van der Waals surface area contributed by atoms with Gasteiger partial charge in [0.2, 0.25) is 0 Å². The van der Waals surface area contributed by atoms with Crippen LogP contribution in [0.1, 0.15) is 27.7 Å². The second-order valence-electron chi connectivity index (χ2n) is 5.84. The van der Waals surface area contributed by atoms with Crippen molar-refractivity contribution in [1.82, 2.24) is 5.32 Å². The van der Waals surface area contributed by atoms with Gasteiger partial charge in [-0.25, -0.2) is 0 Å². The van der Waals surface area contributed by atoms with Gasteiger partial charge >= 0.3 is 0 Å². The molecule has 0 aromatic heterocycles. The van der Waals surface area contributed by atoms with E-state index in [1.165, 1.54) is 0 Å². The fourth-order valence-corrected chi connectivity index (χ4v) is 2.61. The molecule has 2 rings (SSSR count). The van der Waals surface area contributed by atoms with Crippen molar-refractivity contribution in [3.63, 3.8) is 0 Å². The van der Waals surface area contributed by atoms with Crippen LogP contribution in [0.2, 0.25) is 0 Å². The zero-order valence-electron chi connectivity index (χ0n) is 10.9. The van der Waals surface area contributed by atoms with Crippen molar-refractivity contribution in [2.45, 2.75) is 33.7 Å². The Labute approximate surface area is 109 Å². The van der Waals surface area contributed by atoms with Crippen molar-refractivity contribution >= 4 is 23.0 Å². The lowest BCUT2D eigenvalue weighted by molar-refractivity contribution is 0.457. The van der Waals surface area contributed by atoms with E-state index in [-0.39, 0.29) is 0 Å². The van der Waals surface area contributed by atoms with Crippen LogP contribution in [-0.4, -0.2) is 11.2 Å². The number of anilines is 1. The topological polar surface area (TPSA) is 24.1 Å². The molecule has 1 aliphatic carbocycles. The lowest BCUT2D eigenvalue weighted by Gasteiger charge is -2.11. The van der Waals surface area contributed by atoms with Gasteiger partial charge in [-0.15, -0.1) is 0 Å². The number of nitrogens with one attached hydrogen (secondary N) is 2. The second kappa shape index (κ2) is 3.98. The highest BCUT2D eigenvalue weighted by atomic mass is 32.1. The Balaban J connectivity index is 1.92. The minimum absolute atomic E-state index is 0.301. The Morgan fingerprint density at radius 3 is 2.06 bits per heavy atom.